The van der Waals surface area contributed by atoms with Gasteiger partial charge in [-0.1, -0.05) is 35.3 Å². The van der Waals surface area contributed by atoms with Gasteiger partial charge in [-0.3, -0.25) is 10.1 Å². The average molecular weight is 292 g/mol. The van der Waals surface area contributed by atoms with E-state index in [1.54, 1.807) is 24.3 Å². The highest BCUT2D eigenvalue weighted by Gasteiger charge is 2.43. The van der Waals surface area contributed by atoms with Crippen molar-refractivity contribution in [2.75, 3.05) is 0 Å². The van der Waals surface area contributed by atoms with Crippen molar-refractivity contribution < 1.29 is 4.79 Å². The minimum absolute atomic E-state index is 0.0837. The van der Waals surface area contributed by atoms with E-state index in [-0.39, 0.29) is 17.9 Å². The number of Topliss-reactive ketones (excluding diaryl/α,β-unsaturated/α-hetero) is 1. The molecule has 2 aromatic carbocycles. The van der Waals surface area contributed by atoms with Gasteiger partial charge in [0.05, 0.1) is 12.1 Å². The Morgan fingerprint density at radius 2 is 1.42 bits per heavy atom. The highest BCUT2D eigenvalue weighted by molar-refractivity contribution is 6.31. The quantitative estimate of drug-likeness (QED) is 0.688. The van der Waals surface area contributed by atoms with Gasteiger partial charge in [0.15, 0.2) is 5.78 Å². The Labute approximate surface area is 121 Å². The summed E-state index contributed by atoms with van der Waals surface area (Å²) in [6.45, 7) is 0. The smallest absolute Gasteiger partial charge is 0.181 e. The molecule has 96 valence electrons. The number of benzene rings is 2. The molecule has 0 aromatic heterocycles. The zero-order chi connectivity index (χ0) is 13.4. The molecule has 0 bridgehead atoms. The van der Waals surface area contributed by atoms with Gasteiger partial charge in [0.25, 0.3) is 0 Å². The minimum Gasteiger partial charge on any atom is -0.297 e. The van der Waals surface area contributed by atoms with Crippen LogP contribution in [0.2, 0.25) is 10.0 Å². The predicted molar refractivity (Wildman–Crippen MR) is 76.9 cm³/mol. The van der Waals surface area contributed by atoms with Crippen molar-refractivity contribution in [3.63, 3.8) is 0 Å². The molecule has 2 unspecified atom stereocenters. The molecular weight excluding hydrogens is 281 g/mol. The number of halogens is 2. The Kier molecular flexibility index (Phi) is 3.31. The fourth-order valence-electron chi connectivity index (χ4n) is 2.12. The molecule has 2 nitrogen and oxygen atoms in total. The number of carbonyl (C=O) groups excluding carboxylic acids is 1. The molecule has 2 aromatic rings. The molecule has 0 spiro atoms. The first kappa shape index (κ1) is 12.7. The first-order valence-electron chi connectivity index (χ1n) is 5.96. The first-order valence-corrected chi connectivity index (χ1v) is 6.72. The summed E-state index contributed by atoms with van der Waals surface area (Å²) in [5.74, 6) is 0.0941. The van der Waals surface area contributed by atoms with Crippen molar-refractivity contribution in [1.82, 2.24) is 5.32 Å². The highest BCUT2D eigenvalue weighted by atomic mass is 35.5. The van der Waals surface area contributed by atoms with Crippen LogP contribution >= 0.6 is 23.2 Å². The lowest BCUT2D eigenvalue weighted by molar-refractivity contribution is 0.0988. The fourth-order valence-corrected chi connectivity index (χ4v) is 2.37. The molecule has 1 N–H and O–H groups in total. The number of hydrogen-bond acceptors (Lipinski definition) is 2. The molecule has 1 aliphatic rings. The molecule has 19 heavy (non-hydrogen) atoms. The molecule has 1 fully saturated rings. The van der Waals surface area contributed by atoms with E-state index in [4.69, 9.17) is 23.2 Å². The highest BCUT2D eigenvalue weighted by Crippen LogP contribution is 2.32. The van der Waals surface area contributed by atoms with Gasteiger partial charge in [0, 0.05) is 15.6 Å². The van der Waals surface area contributed by atoms with Crippen LogP contribution in [0.25, 0.3) is 0 Å². The Morgan fingerprint density at radius 1 is 0.895 bits per heavy atom. The standard InChI is InChI=1S/C15H11Cl2NO/c16-11-5-1-9(2-6-11)13-14(18-13)15(19)10-3-7-12(17)8-4-10/h1-8,13-14,18H. The van der Waals surface area contributed by atoms with Crippen LogP contribution in [-0.4, -0.2) is 11.8 Å². The molecule has 1 saturated heterocycles. The summed E-state index contributed by atoms with van der Waals surface area (Å²) < 4.78 is 0. The van der Waals surface area contributed by atoms with E-state index in [0.29, 0.717) is 15.6 Å². The second-order valence-corrected chi connectivity index (χ2v) is 5.42. The fraction of sp³-hybridized carbons (Fsp3) is 0.133. The molecule has 2 atom stereocenters. The van der Waals surface area contributed by atoms with Crippen LogP contribution in [-0.2, 0) is 0 Å². The third-order valence-electron chi connectivity index (χ3n) is 3.22. The number of rotatable bonds is 3. The van der Waals surface area contributed by atoms with Crippen LogP contribution in [0.3, 0.4) is 0 Å². The van der Waals surface area contributed by atoms with Gasteiger partial charge < -0.3 is 0 Å². The van der Waals surface area contributed by atoms with Crippen molar-refractivity contribution in [2.24, 2.45) is 0 Å². The Hall–Kier alpha value is -1.35. The molecule has 3 rings (SSSR count). The number of ketones is 1. The van der Waals surface area contributed by atoms with E-state index in [9.17, 15) is 4.79 Å². The number of nitrogens with one attached hydrogen (secondary N) is 1. The SMILES string of the molecule is O=C(c1ccc(Cl)cc1)C1NC1c1ccc(Cl)cc1. The van der Waals surface area contributed by atoms with Gasteiger partial charge in [-0.05, 0) is 42.0 Å². The Bertz CT molecular complexity index is 607. The van der Waals surface area contributed by atoms with Crippen LogP contribution in [0.15, 0.2) is 48.5 Å². The van der Waals surface area contributed by atoms with E-state index >= 15 is 0 Å². The third-order valence-corrected chi connectivity index (χ3v) is 3.73. The normalized spacial score (nSPS) is 21.2. The van der Waals surface area contributed by atoms with Crippen LogP contribution in [0.1, 0.15) is 22.0 Å². The molecule has 1 aliphatic heterocycles. The Balaban J connectivity index is 1.74. The molecular formula is C15H11Cl2NO. The van der Waals surface area contributed by atoms with Gasteiger partial charge in [0.1, 0.15) is 0 Å². The van der Waals surface area contributed by atoms with Gasteiger partial charge in [-0.2, -0.15) is 0 Å². The minimum atomic E-state index is -0.151. The summed E-state index contributed by atoms with van der Waals surface area (Å²) in [6.07, 6.45) is 0. The monoisotopic (exact) mass is 291 g/mol. The molecule has 0 aliphatic carbocycles. The maximum atomic E-state index is 12.2. The average Bonchev–Trinajstić information content (AvgIpc) is 3.20. The first-order chi connectivity index (χ1) is 9.15. The second kappa shape index (κ2) is 4.97. The summed E-state index contributed by atoms with van der Waals surface area (Å²) in [5.41, 5.74) is 1.76. The summed E-state index contributed by atoms with van der Waals surface area (Å²) in [7, 11) is 0. The van der Waals surface area contributed by atoms with Crippen molar-refractivity contribution in [1.29, 1.82) is 0 Å². The molecule has 0 radical (unpaired) electrons. The molecule has 4 heteroatoms. The number of carbonyl (C=O) groups is 1. The van der Waals surface area contributed by atoms with Crippen molar-refractivity contribution in [3.8, 4) is 0 Å². The van der Waals surface area contributed by atoms with Gasteiger partial charge in [-0.25, -0.2) is 0 Å². The lowest BCUT2D eigenvalue weighted by Crippen LogP contribution is -2.10. The lowest BCUT2D eigenvalue weighted by atomic mass is 10.0. The topological polar surface area (TPSA) is 39.0 Å². The molecule has 0 saturated carbocycles. The molecule has 1 heterocycles. The maximum absolute atomic E-state index is 12.2. The van der Waals surface area contributed by atoms with Gasteiger partial charge in [0.2, 0.25) is 0 Å². The van der Waals surface area contributed by atoms with Gasteiger partial charge >= 0.3 is 0 Å². The van der Waals surface area contributed by atoms with E-state index in [1.807, 2.05) is 24.3 Å². The van der Waals surface area contributed by atoms with Crippen LogP contribution in [0.5, 0.6) is 0 Å². The van der Waals surface area contributed by atoms with E-state index in [2.05, 4.69) is 5.32 Å². The summed E-state index contributed by atoms with van der Waals surface area (Å²) in [5, 5.41) is 4.52. The van der Waals surface area contributed by atoms with Gasteiger partial charge in [-0.15, -0.1) is 0 Å². The predicted octanol–water partition coefficient (Wildman–Crippen LogP) is 3.89. The summed E-state index contributed by atoms with van der Waals surface area (Å²) in [4.78, 5) is 12.2. The van der Waals surface area contributed by atoms with Crippen molar-refractivity contribution >= 4 is 29.0 Å². The molecule has 0 amide bonds. The van der Waals surface area contributed by atoms with E-state index in [0.717, 1.165) is 5.56 Å². The zero-order valence-corrected chi connectivity index (χ0v) is 11.4. The van der Waals surface area contributed by atoms with Crippen molar-refractivity contribution in [2.45, 2.75) is 12.1 Å². The number of hydrogen-bond donors (Lipinski definition) is 1. The second-order valence-electron chi connectivity index (χ2n) is 4.54. The summed E-state index contributed by atoms with van der Waals surface area (Å²) in [6, 6.07) is 14.4. The maximum Gasteiger partial charge on any atom is 0.181 e. The largest absolute Gasteiger partial charge is 0.297 e. The zero-order valence-electron chi connectivity index (χ0n) is 9.94. The Morgan fingerprint density at radius 3 is 2.00 bits per heavy atom. The van der Waals surface area contributed by atoms with Crippen LogP contribution in [0.4, 0.5) is 0 Å². The van der Waals surface area contributed by atoms with Crippen LogP contribution < -0.4 is 5.32 Å². The van der Waals surface area contributed by atoms with Crippen LogP contribution in [0, 0.1) is 0 Å². The third kappa shape index (κ3) is 2.66. The lowest BCUT2D eigenvalue weighted by Gasteiger charge is -2.00. The van der Waals surface area contributed by atoms with Crippen molar-refractivity contribution in [3.05, 3.63) is 69.7 Å². The van der Waals surface area contributed by atoms with E-state index < -0.39 is 0 Å². The summed E-state index contributed by atoms with van der Waals surface area (Å²) >= 11 is 11.7. The van der Waals surface area contributed by atoms with E-state index in [1.165, 1.54) is 0 Å².